The van der Waals surface area contributed by atoms with Crippen LogP contribution in [0.2, 0.25) is 0 Å². The number of hydrogen-bond donors (Lipinski definition) is 2. The molecule has 2 aromatic carbocycles. The predicted molar refractivity (Wildman–Crippen MR) is 80.4 cm³/mol. The van der Waals surface area contributed by atoms with Crippen molar-refractivity contribution < 1.29 is 17.6 Å². The Balaban J connectivity index is 1.80. The van der Waals surface area contributed by atoms with Gasteiger partial charge in [0.15, 0.2) is 5.76 Å². The second-order valence-electron chi connectivity index (χ2n) is 4.55. The first-order valence-corrected chi connectivity index (χ1v) is 7.89. The molecule has 1 amide bonds. The van der Waals surface area contributed by atoms with E-state index < -0.39 is 15.9 Å². The van der Waals surface area contributed by atoms with Crippen LogP contribution in [-0.2, 0) is 10.0 Å². The molecule has 0 spiro atoms. The number of fused-ring (bicyclic) bond motifs is 1. The Kier molecular flexibility index (Phi) is 3.66. The molecule has 3 aromatic rings. The van der Waals surface area contributed by atoms with Crippen LogP contribution in [-0.4, -0.2) is 14.3 Å². The Morgan fingerprint density at radius 1 is 0.955 bits per heavy atom. The van der Waals surface area contributed by atoms with Gasteiger partial charge in [-0.2, -0.15) is 0 Å². The van der Waals surface area contributed by atoms with Crippen LogP contribution < -0.4 is 10.3 Å². The van der Waals surface area contributed by atoms with Crippen molar-refractivity contribution in [3.05, 3.63) is 66.6 Å². The highest BCUT2D eigenvalue weighted by molar-refractivity contribution is 7.89. The molecule has 7 heteroatoms. The normalized spacial score (nSPS) is 11.5. The number of furan rings is 1. The number of hydrazine groups is 1. The van der Waals surface area contributed by atoms with Gasteiger partial charge in [-0.05, 0) is 35.0 Å². The van der Waals surface area contributed by atoms with Crippen molar-refractivity contribution in [2.24, 2.45) is 0 Å². The molecule has 0 saturated carbocycles. The molecule has 2 N–H and O–H groups in total. The molecule has 22 heavy (non-hydrogen) atoms. The minimum Gasteiger partial charge on any atom is -0.459 e. The quantitative estimate of drug-likeness (QED) is 0.721. The molecule has 112 valence electrons. The number of hydrogen-bond acceptors (Lipinski definition) is 4. The standard InChI is InChI=1S/C15H12N2O4S/c18-15(14-6-3-9-21-14)16-17-22(19,20)13-8-7-11-4-1-2-5-12(11)10-13/h1-10,17H,(H,16,18). The van der Waals surface area contributed by atoms with Gasteiger partial charge in [-0.1, -0.05) is 30.3 Å². The van der Waals surface area contributed by atoms with Crippen LogP contribution in [0.25, 0.3) is 10.8 Å². The third-order valence-electron chi connectivity index (χ3n) is 3.08. The fourth-order valence-corrected chi connectivity index (χ4v) is 2.85. The molecular formula is C15H12N2O4S. The smallest absolute Gasteiger partial charge is 0.301 e. The van der Waals surface area contributed by atoms with Crippen LogP contribution in [0.1, 0.15) is 10.6 Å². The summed E-state index contributed by atoms with van der Waals surface area (Å²) in [5.41, 5.74) is 2.10. The minimum atomic E-state index is -3.86. The Bertz CT molecular complexity index is 918. The van der Waals surface area contributed by atoms with Gasteiger partial charge in [0, 0.05) is 0 Å². The second-order valence-corrected chi connectivity index (χ2v) is 6.23. The highest BCUT2D eigenvalue weighted by atomic mass is 32.2. The van der Waals surface area contributed by atoms with E-state index in [1.807, 2.05) is 29.1 Å². The van der Waals surface area contributed by atoms with E-state index in [1.165, 1.54) is 30.5 Å². The second kappa shape index (κ2) is 5.63. The van der Waals surface area contributed by atoms with Crippen LogP contribution in [0.5, 0.6) is 0 Å². The highest BCUT2D eigenvalue weighted by Gasteiger charge is 2.17. The van der Waals surface area contributed by atoms with Crippen molar-refractivity contribution in [2.75, 3.05) is 0 Å². The summed E-state index contributed by atoms with van der Waals surface area (Å²) in [6, 6.07) is 15.1. The van der Waals surface area contributed by atoms with Crippen molar-refractivity contribution in [1.29, 1.82) is 0 Å². The van der Waals surface area contributed by atoms with Gasteiger partial charge < -0.3 is 4.42 Å². The van der Waals surface area contributed by atoms with Gasteiger partial charge >= 0.3 is 5.91 Å². The van der Waals surface area contributed by atoms with Crippen LogP contribution in [0, 0.1) is 0 Å². The van der Waals surface area contributed by atoms with Crippen molar-refractivity contribution in [2.45, 2.75) is 4.90 Å². The van der Waals surface area contributed by atoms with Crippen LogP contribution in [0.3, 0.4) is 0 Å². The lowest BCUT2D eigenvalue weighted by molar-refractivity contribution is 0.0917. The minimum absolute atomic E-state index is 0.0150. The molecule has 0 aliphatic rings. The largest absolute Gasteiger partial charge is 0.459 e. The molecule has 0 bridgehead atoms. The summed E-state index contributed by atoms with van der Waals surface area (Å²) >= 11 is 0. The highest BCUT2D eigenvalue weighted by Crippen LogP contribution is 2.18. The summed E-state index contributed by atoms with van der Waals surface area (Å²) in [6.45, 7) is 0. The van der Waals surface area contributed by atoms with Crippen molar-refractivity contribution in [1.82, 2.24) is 10.3 Å². The number of benzene rings is 2. The van der Waals surface area contributed by atoms with Gasteiger partial charge in [0.25, 0.3) is 10.0 Å². The molecule has 6 nitrogen and oxygen atoms in total. The van der Waals surface area contributed by atoms with E-state index in [0.29, 0.717) is 0 Å². The van der Waals surface area contributed by atoms with Gasteiger partial charge in [-0.15, -0.1) is 4.83 Å². The molecular weight excluding hydrogens is 304 g/mol. The lowest BCUT2D eigenvalue weighted by Crippen LogP contribution is -2.41. The molecule has 0 saturated heterocycles. The van der Waals surface area contributed by atoms with Crippen LogP contribution in [0.15, 0.2) is 70.2 Å². The maximum Gasteiger partial charge on any atom is 0.301 e. The first-order valence-electron chi connectivity index (χ1n) is 6.41. The summed E-state index contributed by atoms with van der Waals surface area (Å²) in [5.74, 6) is -0.657. The zero-order valence-corrected chi connectivity index (χ0v) is 12.1. The van der Waals surface area contributed by atoms with Crippen molar-refractivity contribution >= 4 is 26.7 Å². The molecule has 0 radical (unpaired) electrons. The lowest BCUT2D eigenvalue weighted by Gasteiger charge is -2.08. The summed E-state index contributed by atoms with van der Waals surface area (Å²) in [6.07, 6.45) is 1.33. The fraction of sp³-hybridized carbons (Fsp3) is 0. The lowest BCUT2D eigenvalue weighted by atomic mass is 10.1. The van der Waals surface area contributed by atoms with Gasteiger partial charge in [-0.25, -0.2) is 8.42 Å². The number of carbonyl (C=O) groups excluding carboxylic acids is 1. The molecule has 0 aliphatic carbocycles. The Morgan fingerprint density at radius 3 is 2.45 bits per heavy atom. The van der Waals surface area contributed by atoms with E-state index in [-0.39, 0.29) is 10.7 Å². The maximum atomic E-state index is 12.2. The van der Waals surface area contributed by atoms with Crippen LogP contribution in [0.4, 0.5) is 0 Å². The summed E-state index contributed by atoms with van der Waals surface area (Å²) in [4.78, 5) is 13.8. The maximum absolute atomic E-state index is 12.2. The average molecular weight is 316 g/mol. The SMILES string of the molecule is O=C(NNS(=O)(=O)c1ccc2ccccc2c1)c1ccco1. The Morgan fingerprint density at radius 2 is 1.73 bits per heavy atom. The monoisotopic (exact) mass is 316 g/mol. The van der Waals surface area contributed by atoms with E-state index in [9.17, 15) is 13.2 Å². The first-order chi connectivity index (χ1) is 10.6. The fourth-order valence-electron chi connectivity index (χ4n) is 1.98. The van der Waals surface area contributed by atoms with Gasteiger partial charge in [0.05, 0.1) is 11.2 Å². The van der Waals surface area contributed by atoms with Crippen LogP contribution >= 0.6 is 0 Å². The zero-order chi connectivity index (χ0) is 15.6. The number of carbonyl (C=O) groups is 1. The van der Waals surface area contributed by atoms with E-state index in [4.69, 9.17) is 4.42 Å². The van der Waals surface area contributed by atoms with Gasteiger partial charge in [0.1, 0.15) is 0 Å². The first kappa shape index (κ1) is 14.3. The summed E-state index contributed by atoms with van der Waals surface area (Å²) in [5, 5.41) is 1.73. The topological polar surface area (TPSA) is 88.4 Å². The predicted octanol–water partition coefficient (Wildman–Crippen LogP) is 2.06. The van der Waals surface area contributed by atoms with E-state index >= 15 is 0 Å². The average Bonchev–Trinajstić information content (AvgIpc) is 3.07. The zero-order valence-electron chi connectivity index (χ0n) is 11.3. The third kappa shape index (κ3) is 2.85. The third-order valence-corrected chi connectivity index (χ3v) is 4.32. The van der Waals surface area contributed by atoms with E-state index in [1.54, 1.807) is 6.07 Å². The number of nitrogens with one attached hydrogen (secondary N) is 2. The molecule has 1 aromatic heterocycles. The molecule has 0 unspecified atom stereocenters. The molecule has 3 rings (SSSR count). The number of sulfonamides is 1. The van der Waals surface area contributed by atoms with E-state index in [0.717, 1.165) is 10.8 Å². The molecule has 0 atom stereocenters. The number of rotatable bonds is 4. The Labute approximate surface area is 126 Å². The summed E-state index contributed by atoms with van der Waals surface area (Å²) < 4.78 is 29.3. The molecule has 0 fully saturated rings. The molecule has 0 aliphatic heterocycles. The molecule has 1 heterocycles. The van der Waals surface area contributed by atoms with E-state index in [2.05, 4.69) is 5.43 Å². The van der Waals surface area contributed by atoms with Crippen molar-refractivity contribution in [3.63, 3.8) is 0 Å². The summed E-state index contributed by atoms with van der Waals surface area (Å²) in [7, 11) is -3.86. The van der Waals surface area contributed by atoms with Gasteiger partial charge in [0.2, 0.25) is 0 Å². The Hall–Kier alpha value is -2.64. The van der Waals surface area contributed by atoms with Gasteiger partial charge in [-0.3, -0.25) is 10.2 Å². The number of amides is 1. The van der Waals surface area contributed by atoms with Crippen molar-refractivity contribution in [3.8, 4) is 0 Å².